The van der Waals surface area contributed by atoms with E-state index in [1.807, 2.05) is 0 Å². The molecule has 1 aliphatic carbocycles. The Hall–Kier alpha value is -0.330. The van der Waals surface area contributed by atoms with E-state index in [-0.39, 0.29) is 0 Å². The molecule has 0 saturated heterocycles. The van der Waals surface area contributed by atoms with Crippen LogP contribution in [0, 0.1) is 11.3 Å². The van der Waals surface area contributed by atoms with E-state index in [0.717, 1.165) is 18.6 Å². The van der Waals surface area contributed by atoms with Gasteiger partial charge in [-0.05, 0) is 25.2 Å². The molecule has 0 aliphatic heterocycles. The Morgan fingerprint density at radius 1 is 1.56 bits per heavy atom. The first-order chi connectivity index (χ1) is 4.34. The van der Waals surface area contributed by atoms with Gasteiger partial charge < -0.3 is 5.41 Å². The minimum absolute atomic E-state index is 0.685. The summed E-state index contributed by atoms with van der Waals surface area (Å²) in [5.41, 5.74) is 1.00. The molecule has 0 aromatic carbocycles. The van der Waals surface area contributed by atoms with Gasteiger partial charge in [-0.1, -0.05) is 19.8 Å². The van der Waals surface area contributed by atoms with E-state index in [0.29, 0.717) is 5.92 Å². The van der Waals surface area contributed by atoms with E-state index in [2.05, 4.69) is 6.92 Å². The topological polar surface area (TPSA) is 23.9 Å². The molecular weight excluding hydrogens is 110 g/mol. The summed E-state index contributed by atoms with van der Waals surface area (Å²) >= 11 is 0. The maximum absolute atomic E-state index is 7.55. The molecule has 1 saturated carbocycles. The molecule has 0 amide bonds. The molecule has 0 atom stereocenters. The van der Waals surface area contributed by atoms with Gasteiger partial charge in [0.25, 0.3) is 0 Å². The standard InChI is InChI=1S/C8H15N/c1-2-4-8(9)7-5-3-6-7/h7,9H,2-6H2,1H3. The van der Waals surface area contributed by atoms with Gasteiger partial charge in [0, 0.05) is 5.71 Å². The van der Waals surface area contributed by atoms with Crippen molar-refractivity contribution in [3.63, 3.8) is 0 Å². The predicted molar refractivity (Wildman–Crippen MR) is 40.0 cm³/mol. The van der Waals surface area contributed by atoms with Crippen LogP contribution < -0.4 is 0 Å². The summed E-state index contributed by atoms with van der Waals surface area (Å²) in [6.45, 7) is 2.15. The van der Waals surface area contributed by atoms with Crippen molar-refractivity contribution in [3.8, 4) is 0 Å². The summed E-state index contributed by atoms with van der Waals surface area (Å²) in [5, 5.41) is 7.55. The summed E-state index contributed by atoms with van der Waals surface area (Å²) in [6, 6.07) is 0. The van der Waals surface area contributed by atoms with Gasteiger partial charge in [-0.25, -0.2) is 0 Å². The molecule has 0 spiro atoms. The second kappa shape index (κ2) is 3.00. The van der Waals surface area contributed by atoms with Crippen LogP contribution in [0.1, 0.15) is 39.0 Å². The zero-order chi connectivity index (χ0) is 6.69. The summed E-state index contributed by atoms with van der Waals surface area (Å²) in [6.07, 6.45) is 6.12. The van der Waals surface area contributed by atoms with Crippen LogP contribution in [0.2, 0.25) is 0 Å². The van der Waals surface area contributed by atoms with Crippen LogP contribution in [0.4, 0.5) is 0 Å². The Labute approximate surface area is 57.0 Å². The molecule has 1 nitrogen and oxygen atoms in total. The van der Waals surface area contributed by atoms with Crippen molar-refractivity contribution in [2.24, 2.45) is 5.92 Å². The lowest BCUT2D eigenvalue weighted by atomic mass is 9.80. The summed E-state index contributed by atoms with van der Waals surface area (Å²) in [5.74, 6) is 0.685. The molecule has 52 valence electrons. The minimum Gasteiger partial charge on any atom is -0.309 e. The maximum Gasteiger partial charge on any atom is 0.0120 e. The highest BCUT2D eigenvalue weighted by Gasteiger charge is 2.20. The molecule has 0 radical (unpaired) electrons. The number of rotatable bonds is 3. The van der Waals surface area contributed by atoms with Crippen molar-refractivity contribution in [3.05, 3.63) is 0 Å². The van der Waals surface area contributed by atoms with Crippen molar-refractivity contribution in [2.75, 3.05) is 0 Å². The Morgan fingerprint density at radius 2 is 2.22 bits per heavy atom. The van der Waals surface area contributed by atoms with E-state index in [9.17, 15) is 0 Å². The quantitative estimate of drug-likeness (QED) is 0.561. The first-order valence-electron chi connectivity index (χ1n) is 3.92. The molecule has 0 unspecified atom stereocenters. The smallest absolute Gasteiger partial charge is 0.0120 e. The largest absolute Gasteiger partial charge is 0.309 e. The Kier molecular flexibility index (Phi) is 2.26. The van der Waals surface area contributed by atoms with Gasteiger partial charge in [-0.2, -0.15) is 0 Å². The van der Waals surface area contributed by atoms with Gasteiger partial charge in [0.2, 0.25) is 0 Å². The van der Waals surface area contributed by atoms with E-state index < -0.39 is 0 Å². The SMILES string of the molecule is CCCC(=N)C1CCC1. The fourth-order valence-electron chi connectivity index (χ4n) is 1.23. The molecule has 1 rings (SSSR count). The molecule has 0 aromatic rings. The molecule has 0 bridgehead atoms. The normalized spacial score (nSPS) is 19.2. The Morgan fingerprint density at radius 3 is 2.56 bits per heavy atom. The molecule has 0 aromatic heterocycles. The van der Waals surface area contributed by atoms with Crippen molar-refractivity contribution >= 4 is 5.71 Å². The van der Waals surface area contributed by atoms with Gasteiger partial charge in [0.1, 0.15) is 0 Å². The molecule has 1 aliphatic rings. The minimum atomic E-state index is 0.685. The third kappa shape index (κ3) is 1.54. The lowest BCUT2D eigenvalue weighted by Gasteiger charge is -2.25. The van der Waals surface area contributed by atoms with Crippen LogP contribution in [-0.2, 0) is 0 Å². The number of nitrogens with one attached hydrogen (secondary N) is 1. The zero-order valence-electron chi connectivity index (χ0n) is 6.11. The summed E-state index contributed by atoms with van der Waals surface area (Å²) in [7, 11) is 0. The fourth-order valence-corrected chi connectivity index (χ4v) is 1.23. The second-order valence-electron chi connectivity index (χ2n) is 2.90. The lowest BCUT2D eigenvalue weighted by molar-refractivity contribution is 0.406. The van der Waals surface area contributed by atoms with E-state index >= 15 is 0 Å². The third-order valence-electron chi connectivity index (χ3n) is 2.12. The second-order valence-corrected chi connectivity index (χ2v) is 2.90. The van der Waals surface area contributed by atoms with E-state index in [4.69, 9.17) is 5.41 Å². The van der Waals surface area contributed by atoms with Gasteiger partial charge in [0.05, 0.1) is 0 Å². The van der Waals surface area contributed by atoms with E-state index in [1.165, 1.54) is 19.3 Å². The third-order valence-corrected chi connectivity index (χ3v) is 2.12. The highest BCUT2D eigenvalue weighted by atomic mass is 14.5. The molecule has 1 heteroatoms. The van der Waals surface area contributed by atoms with Gasteiger partial charge in [-0.3, -0.25) is 0 Å². The van der Waals surface area contributed by atoms with Gasteiger partial charge in [0.15, 0.2) is 0 Å². The summed E-state index contributed by atoms with van der Waals surface area (Å²) in [4.78, 5) is 0. The Balaban J connectivity index is 2.16. The van der Waals surface area contributed by atoms with Crippen LogP contribution in [0.5, 0.6) is 0 Å². The van der Waals surface area contributed by atoms with Crippen LogP contribution >= 0.6 is 0 Å². The molecule has 0 heterocycles. The van der Waals surface area contributed by atoms with Gasteiger partial charge >= 0.3 is 0 Å². The predicted octanol–water partition coefficient (Wildman–Crippen LogP) is 2.61. The Bertz CT molecular complexity index is 103. The highest BCUT2D eigenvalue weighted by molar-refractivity contribution is 5.84. The van der Waals surface area contributed by atoms with Crippen molar-refractivity contribution in [1.29, 1.82) is 5.41 Å². The first kappa shape index (κ1) is 6.79. The average Bonchev–Trinajstić information content (AvgIpc) is 1.60. The number of hydrogen-bond acceptors (Lipinski definition) is 1. The zero-order valence-corrected chi connectivity index (χ0v) is 6.11. The first-order valence-corrected chi connectivity index (χ1v) is 3.92. The molecule has 9 heavy (non-hydrogen) atoms. The van der Waals surface area contributed by atoms with Crippen LogP contribution in [-0.4, -0.2) is 5.71 Å². The van der Waals surface area contributed by atoms with Crippen molar-refractivity contribution < 1.29 is 0 Å². The molecule has 1 N–H and O–H groups in total. The van der Waals surface area contributed by atoms with Crippen LogP contribution in [0.15, 0.2) is 0 Å². The monoisotopic (exact) mass is 125 g/mol. The van der Waals surface area contributed by atoms with E-state index in [1.54, 1.807) is 0 Å². The molecule has 1 fully saturated rings. The maximum atomic E-state index is 7.55. The summed E-state index contributed by atoms with van der Waals surface area (Å²) < 4.78 is 0. The fraction of sp³-hybridized carbons (Fsp3) is 0.875. The number of hydrogen-bond donors (Lipinski definition) is 1. The van der Waals surface area contributed by atoms with Crippen LogP contribution in [0.3, 0.4) is 0 Å². The van der Waals surface area contributed by atoms with Crippen molar-refractivity contribution in [2.45, 2.75) is 39.0 Å². The molecular formula is C8H15N. The lowest BCUT2D eigenvalue weighted by Crippen LogP contribution is -2.20. The van der Waals surface area contributed by atoms with Crippen molar-refractivity contribution in [1.82, 2.24) is 0 Å². The average molecular weight is 125 g/mol. The van der Waals surface area contributed by atoms with Crippen LogP contribution in [0.25, 0.3) is 0 Å². The van der Waals surface area contributed by atoms with Gasteiger partial charge in [-0.15, -0.1) is 0 Å². The highest BCUT2D eigenvalue weighted by Crippen LogP contribution is 2.28.